The van der Waals surface area contributed by atoms with Gasteiger partial charge in [0.2, 0.25) is 5.88 Å². The fourth-order valence-electron chi connectivity index (χ4n) is 1.18. The first-order chi connectivity index (χ1) is 4.97. The van der Waals surface area contributed by atoms with E-state index in [1.165, 1.54) is 5.56 Å². The van der Waals surface area contributed by atoms with Crippen LogP contribution in [0.1, 0.15) is 12.0 Å². The minimum Gasteiger partial charge on any atom is -0.477 e. The van der Waals surface area contributed by atoms with Crippen molar-refractivity contribution >= 4 is 0 Å². The summed E-state index contributed by atoms with van der Waals surface area (Å²) in [6, 6.07) is 4.02. The Bertz CT molecular complexity index is 209. The predicted octanol–water partition coefficient (Wildman–Crippen LogP) is 1.41. The van der Waals surface area contributed by atoms with Gasteiger partial charge in [0.1, 0.15) is 0 Å². The summed E-state index contributed by atoms with van der Waals surface area (Å²) >= 11 is 0. The highest BCUT2D eigenvalue weighted by molar-refractivity contribution is 5.26. The zero-order valence-corrected chi connectivity index (χ0v) is 5.71. The maximum atomic E-state index is 5.31. The lowest BCUT2D eigenvalue weighted by Gasteiger charge is -2.14. The highest BCUT2D eigenvalue weighted by Crippen LogP contribution is 2.19. The van der Waals surface area contributed by atoms with Gasteiger partial charge in [0.05, 0.1) is 6.61 Å². The first kappa shape index (κ1) is 5.71. The molecular weight excluding hydrogens is 126 g/mol. The minimum atomic E-state index is 0.823. The van der Waals surface area contributed by atoms with Gasteiger partial charge in [-0.05, 0) is 18.9 Å². The number of aryl methyl sites for hydroxylation is 1. The molecule has 2 nitrogen and oxygen atoms in total. The maximum Gasteiger partial charge on any atom is 0.216 e. The molecule has 2 heterocycles. The molecule has 0 saturated carbocycles. The van der Waals surface area contributed by atoms with E-state index in [2.05, 4.69) is 11.1 Å². The lowest BCUT2D eigenvalue weighted by molar-refractivity contribution is 0.276. The Hall–Kier alpha value is -1.05. The summed E-state index contributed by atoms with van der Waals surface area (Å²) in [5.41, 5.74) is 1.24. The van der Waals surface area contributed by atoms with Crippen molar-refractivity contribution < 1.29 is 4.74 Å². The van der Waals surface area contributed by atoms with Crippen LogP contribution in [0.4, 0.5) is 0 Å². The third-order valence-corrected chi connectivity index (χ3v) is 1.68. The highest BCUT2D eigenvalue weighted by atomic mass is 16.5. The Labute approximate surface area is 59.9 Å². The lowest BCUT2D eigenvalue weighted by Crippen LogP contribution is -2.09. The molecule has 0 radical (unpaired) electrons. The molecule has 1 aromatic rings. The molecule has 52 valence electrons. The van der Waals surface area contributed by atoms with E-state index in [1.807, 2.05) is 6.07 Å². The Morgan fingerprint density at radius 2 is 2.50 bits per heavy atom. The maximum absolute atomic E-state index is 5.31. The van der Waals surface area contributed by atoms with Crippen LogP contribution in [0.25, 0.3) is 0 Å². The van der Waals surface area contributed by atoms with Gasteiger partial charge in [0.15, 0.2) is 0 Å². The van der Waals surface area contributed by atoms with Gasteiger partial charge in [-0.1, -0.05) is 6.07 Å². The molecule has 0 aliphatic carbocycles. The third kappa shape index (κ3) is 0.856. The van der Waals surface area contributed by atoms with Gasteiger partial charge in [-0.3, -0.25) is 0 Å². The first-order valence-electron chi connectivity index (χ1n) is 3.53. The third-order valence-electron chi connectivity index (χ3n) is 1.68. The van der Waals surface area contributed by atoms with E-state index >= 15 is 0 Å². The number of rotatable bonds is 0. The summed E-state index contributed by atoms with van der Waals surface area (Å²) in [6.45, 7) is 0.823. The molecule has 1 aliphatic rings. The molecule has 0 saturated heterocycles. The fraction of sp³-hybridized carbons (Fsp3) is 0.375. The molecule has 0 unspecified atom stereocenters. The molecular formula is C8H9NO. The van der Waals surface area contributed by atoms with Crippen LogP contribution >= 0.6 is 0 Å². The van der Waals surface area contributed by atoms with Gasteiger partial charge in [-0.25, -0.2) is 4.98 Å². The SMILES string of the molecule is c1cnc2c(c1)CCCO2. The van der Waals surface area contributed by atoms with Crippen LogP contribution in [0.15, 0.2) is 18.3 Å². The van der Waals surface area contributed by atoms with E-state index in [-0.39, 0.29) is 0 Å². The summed E-state index contributed by atoms with van der Waals surface area (Å²) in [5, 5.41) is 0. The lowest BCUT2D eigenvalue weighted by atomic mass is 10.1. The molecule has 0 N–H and O–H groups in total. The second kappa shape index (κ2) is 2.29. The Kier molecular flexibility index (Phi) is 1.31. The molecule has 0 aromatic carbocycles. The number of nitrogens with zero attached hydrogens (tertiary/aromatic N) is 1. The van der Waals surface area contributed by atoms with E-state index in [4.69, 9.17) is 4.74 Å². The number of fused-ring (bicyclic) bond motifs is 1. The molecule has 0 amide bonds. The molecule has 1 aromatic heterocycles. The van der Waals surface area contributed by atoms with Gasteiger partial charge in [0, 0.05) is 11.8 Å². The number of ether oxygens (including phenoxy) is 1. The number of hydrogen-bond acceptors (Lipinski definition) is 2. The molecule has 2 rings (SSSR count). The van der Waals surface area contributed by atoms with Crippen molar-refractivity contribution in [1.82, 2.24) is 4.98 Å². The van der Waals surface area contributed by atoms with Crippen molar-refractivity contribution in [3.8, 4) is 5.88 Å². The van der Waals surface area contributed by atoms with Crippen LogP contribution in [0.2, 0.25) is 0 Å². The van der Waals surface area contributed by atoms with E-state index in [0.717, 1.165) is 25.3 Å². The standard InChI is InChI=1S/C8H9NO/c1-3-7-4-2-6-10-8(7)9-5-1/h1,3,5H,2,4,6H2. The molecule has 0 atom stereocenters. The van der Waals surface area contributed by atoms with E-state index < -0.39 is 0 Å². The van der Waals surface area contributed by atoms with Crippen molar-refractivity contribution in [3.63, 3.8) is 0 Å². The van der Waals surface area contributed by atoms with Gasteiger partial charge in [-0.15, -0.1) is 0 Å². The van der Waals surface area contributed by atoms with Crippen LogP contribution in [-0.4, -0.2) is 11.6 Å². The Morgan fingerprint density at radius 1 is 1.50 bits per heavy atom. The summed E-state index contributed by atoms with van der Waals surface area (Å²) < 4.78 is 5.31. The monoisotopic (exact) mass is 135 g/mol. The quantitative estimate of drug-likeness (QED) is 0.536. The largest absolute Gasteiger partial charge is 0.477 e. The van der Waals surface area contributed by atoms with Crippen molar-refractivity contribution in [2.45, 2.75) is 12.8 Å². The molecule has 10 heavy (non-hydrogen) atoms. The number of hydrogen-bond donors (Lipinski definition) is 0. The number of aromatic nitrogens is 1. The second-order valence-electron chi connectivity index (χ2n) is 2.42. The normalized spacial score (nSPS) is 15.6. The topological polar surface area (TPSA) is 22.1 Å². The van der Waals surface area contributed by atoms with E-state index in [0.29, 0.717) is 0 Å². The van der Waals surface area contributed by atoms with Gasteiger partial charge < -0.3 is 4.74 Å². The zero-order chi connectivity index (χ0) is 6.81. The average Bonchev–Trinajstić information content (AvgIpc) is 2.05. The summed E-state index contributed by atoms with van der Waals surface area (Å²) in [7, 11) is 0. The van der Waals surface area contributed by atoms with Crippen LogP contribution in [0.5, 0.6) is 5.88 Å². The van der Waals surface area contributed by atoms with Crippen molar-refractivity contribution in [3.05, 3.63) is 23.9 Å². The second-order valence-corrected chi connectivity index (χ2v) is 2.42. The highest BCUT2D eigenvalue weighted by Gasteiger charge is 2.08. The summed E-state index contributed by atoms with van der Waals surface area (Å²) in [6.07, 6.45) is 4.01. The van der Waals surface area contributed by atoms with Crippen LogP contribution < -0.4 is 4.74 Å². The smallest absolute Gasteiger partial charge is 0.216 e. The van der Waals surface area contributed by atoms with Crippen molar-refractivity contribution in [1.29, 1.82) is 0 Å². The minimum absolute atomic E-state index is 0.823. The molecule has 2 heteroatoms. The summed E-state index contributed by atoms with van der Waals surface area (Å²) in [4.78, 5) is 4.10. The first-order valence-corrected chi connectivity index (χ1v) is 3.53. The summed E-state index contributed by atoms with van der Waals surface area (Å²) in [5.74, 6) is 0.828. The Balaban J connectivity index is 2.41. The fourth-order valence-corrected chi connectivity index (χ4v) is 1.18. The van der Waals surface area contributed by atoms with E-state index in [1.54, 1.807) is 6.20 Å². The van der Waals surface area contributed by atoms with Crippen LogP contribution in [-0.2, 0) is 6.42 Å². The average molecular weight is 135 g/mol. The van der Waals surface area contributed by atoms with Gasteiger partial charge in [0.25, 0.3) is 0 Å². The molecule has 0 bridgehead atoms. The van der Waals surface area contributed by atoms with E-state index in [9.17, 15) is 0 Å². The molecule has 1 aliphatic heterocycles. The zero-order valence-electron chi connectivity index (χ0n) is 5.71. The number of pyridine rings is 1. The molecule has 0 spiro atoms. The predicted molar refractivity (Wildman–Crippen MR) is 38.1 cm³/mol. The van der Waals surface area contributed by atoms with Crippen molar-refractivity contribution in [2.75, 3.05) is 6.61 Å². The van der Waals surface area contributed by atoms with Gasteiger partial charge >= 0.3 is 0 Å². The van der Waals surface area contributed by atoms with Crippen LogP contribution in [0.3, 0.4) is 0 Å². The van der Waals surface area contributed by atoms with Gasteiger partial charge in [-0.2, -0.15) is 0 Å². The van der Waals surface area contributed by atoms with Crippen molar-refractivity contribution in [2.24, 2.45) is 0 Å². The molecule has 0 fully saturated rings. The Morgan fingerprint density at radius 3 is 3.40 bits per heavy atom. The van der Waals surface area contributed by atoms with Crippen LogP contribution in [0, 0.1) is 0 Å².